The Labute approximate surface area is 212 Å². The molecule has 0 aliphatic rings. The van der Waals surface area contributed by atoms with Crippen molar-refractivity contribution in [2.24, 2.45) is 0 Å². The first-order valence-electron chi connectivity index (χ1n) is 11.6. The molecule has 0 N–H and O–H groups in total. The highest BCUT2D eigenvalue weighted by atomic mass is 32.2. The van der Waals surface area contributed by atoms with Gasteiger partial charge < -0.3 is 9.47 Å². The van der Waals surface area contributed by atoms with Gasteiger partial charge >= 0.3 is 5.97 Å². The van der Waals surface area contributed by atoms with E-state index < -0.39 is 15.6 Å². The monoisotopic (exact) mass is 515 g/mol. The highest BCUT2D eigenvalue weighted by Gasteiger charge is 2.20. The number of sulfonamides is 1. The first kappa shape index (κ1) is 26.9. The first-order valence-corrected chi connectivity index (χ1v) is 14.2. The Morgan fingerprint density at radius 3 is 2.31 bits per heavy atom. The fourth-order valence-corrected chi connectivity index (χ4v) is 5.32. The quantitative estimate of drug-likeness (QED) is 0.309. The molecule has 0 atom stereocenters. The smallest absolute Gasteiger partial charge is 0.348 e. The van der Waals surface area contributed by atoms with Crippen molar-refractivity contribution in [3.63, 3.8) is 0 Å². The van der Waals surface area contributed by atoms with Crippen molar-refractivity contribution in [2.75, 3.05) is 26.0 Å². The molecule has 0 unspecified atom stereocenters. The van der Waals surface area contributed by atoms with Gasteiger partial charge in [-0.05, 0) is 57.4 Å². The third-order valence-electron chi connectivity index (χ3n) is 5.13. The Kier molecular flexibility index (Phi) is 9.10. The Balaban J connectivity index is 1.54. The summed E-state index contributed by atoms with van der Waals surface area (Å²) >= 11 is 1.39. The lowest BCUT2D eigenvalue weighted by Crippen LogP contribution is -2.34. The lowest BCUT2D eigenvalue weighted by atomic mass is 10.1. The van der Waals surface area contributed by atoms with E-state index in [2.05, 4.69) is 0 Å². The average Bonchev–Trinajstić information content (AvgIpc) is 3.26. The van der Waals surface area contributed by atoms with E-state index in [4.69, 9.17) is 9.47 Å². The third kappa shape index (κ3) is 8.49. The fourth-order valence-electron chi connectivity index (χ4n) is 3.53. The van der Waals surface area contributed by atoms with Crippen LogP contribution in [0.5, 0.6) is 5.75 Å². The summed E-state index contributed by atoms with van der Waals surface area (Å²) in [6, 6.07) is 21.4. The van der Waals surface area contributed by atoms with E-state index in [-0.39, 0.29) is 19.1 Å². The molecule has 0 aliphatic carbocycles. The number of benzene rings is 2. The molecule has 0 spiro atoms. The number of thiophene rings is 1. The van der Waals surface area contributed by atoms with Gasteiger partial charge in [0.25, 0.3) is 0 Å². The van der Waals surface area contributed by atoms with Gasteiger partial charge in [-0.1, -0.05) is 48.5 Å². The molecular weight excluding hydrogens is 482 g/mol. The molecule has 0 saturated heterocycles. The second kappa shape index (κ2) is 11.8. The third-order valence-corrected chi connectivity index (χ3v) is 7.56. The molecule has 0 bridgehead atoms. The molecule has 6 nitrogen and oxygen atoms in total. The lowest BCUT2D eigenvalue weighted by Gasteiger charge is -2.20. The summed E-state index contributed by atoms with van der Waals surface area (Å²) in [4.78, 5) is 13.8. The van der Waals surface area contributed by atoms with E-state index in [9.17, 15) is 13.2 Å². The number of esters is 1. The standard InChI is InChI=1S/C27H33NO5S2/c1-27(2,3)33-26(29)25-17-16-22(34-25)13-10-18-28(35(4,30)31)19-20-32-24-15-9-8-14-23(24)21-11-6-5-7-12-21/h5-9,11-12,14-17H,10,13,18-20H2,1-4H3. The fraction of sp³-hybridized carbons (Fsp3) is 0.370. The molecular formula is C27H33NO5S2. The van der Waals surface area contributed by atoms with Crippen LogP contribution in [0.4, 0.5) is 0 Å². The van der Waals surface area contributed by atoms with Crippen LogP contribution in [0.1, 0.15) is 41.7 Å². The van der Waals surface area contributed by atoms with Gasteiger partial charge in [-0.15, -0.1) is 11.3 Å². The van der Waals surface area contributed by atoms with Crippen LogP contribution in [-0.2, 0) is 21.2 Å². The van der Waals surface area contributed by atoms with Gasteiger partial charge in [0.05, 0.1) is 6.26 Å². The Morgan fingerprint density at radius 1 is 0.943 bits per heavy atom. The first-order chi connectivity index (χ1) is 16.5. The zero-order valence-electron chi connectivity index (χ0n) is 20.7. The van der Waals surface area contributed by atoms with Crippen LogP contribution in [0, 0.1) is 0 Å². The van der Waals surface area contributed by atoms with E-state index in [1.165, 1.54) is 21.9 Å². The van der Waals surface area contributed by atoms with Gasteiger partial charge in [0, 0.05) is 23.5 Å². The second-order valence-electron chi connectivity index (χ2n) is 9.24. The number of nitrogens with zero attached hydrogens (tertiary/aromatic N) is 1. The molecule has 188 valence electrons. The van der Waals surface area contributed by atoms with E-state index in [1.807, 2.05) is 81.4 Å². The van der Waals surface area contributed by atoms with Gasteiger partial charge in [-0.3, -0.25) is 0 Å². The highest BCUT2D eigenvalue weighted by Crippen LogP contribution is 2.29. The van der Waals surface area contributed by atoms with Crippen LogP contribution in [0.3, 0.4) is 0 Å². The lowest BCUT2D eigenvalue weighted by molar-refractivity contribution is 0.00752. The molecule has 0 radical (unpaired) electrons. The van der Waals surface area contributed by atoms with Crippen LogP contribution >= 0.6 is 11.3 Å². The number of rotatable bonds is 11. The van der Waals surface area contributed by atoms with Crippen LogP contribution < -0.4 is 4.74 Å². The predicted octanol–water partition coefficient (Wildman–Crippen LogP) is 5.64. The topological polar surface area (TPSA) is 72.9 Å². The van der Waals surface area contributed by atoms with Gasteiger partial charge in [0.15, 0.2) is 0 Å². The SMILES string of the molecule is CC(C)(C)OC(=O)c1ccc(CCCN(CCOc2ccccc2-c2ccccc2)S(C)(=O)=O)s1. The van der Waals surface area contributed by atoms with Gasteiger partial charge in [0.2, 0.25) is 10.0 Å². The molecule has 0 saturated carbocycles. The minimum absolute atomic E-state index is 0.249. The summed E-state index contributed by atoms with van der Waals surface area (Å²) in [6.07, 6.45) is 2.54. The molecule has 8 heteroatoms. The van der Waals surface area contributed by atoms with Gasteiger partial charge in [0.1, 0.15) is 22.8 Å². The van der Waals surface area contributed by atoms with Crippen molar-refractivity contribution >= 4 is 27.3 Å². The van der Waals surface area contributed by atoms with E-state index >= 15 is 0 Å². The van der Waals surface area contributed by atoms with Crippen LogP contribution in [0.15, 0.2) is 66.7 Å². The van der Waals surface area contributed by atoms with Crippen molar-refractivity contribution in [1.82, 2.24) is 4.31 Å². The molecule has 3 rings (SSSR count). The van der Waals surface area contributed by atoms with Crippen LogP contribution in [0.25, 0.3) is 11.1 Å². The maximum absolute atomic E-state index is 12.3. The highest BCUT2D eigenvalue weighted by molar-refractivity contribution is 7.88. The average molecular weight is 516 g/mol. The number of ether oxygens (including phenoxy) is 2. The molecule has 1 heterocycles. The van der Waals surface area contributed by atoms with Gasteiger partial charge in [-0.25, -0.2) is 13.2 Å². The molecule has 35 heavy (non-hydrogen) atoms. The van der Waals surface area contributed by atoms with Crippen molar-refractivity contribution in [3.8, 4) is 16.9 Å². The number of para-hydroxylation sites is 1. The Hall–Kier alpha value is -2.68. The molecule has 3 aromatic rings. The maximum Gasteiger partial charge on any atom is 0.348 e. The molecule has 0 aliphatic heterocycles. The molecule has 1 aromatic heterocycles. The summed E-state index contributed by atoms with van der Waals surface area (Å²) in [7, 11) is -3.38. The van der Waals surface area contributed by atoms with Crippen LogP contribution in [0.2, 0.25) is 0 Å². The van der Waals surface area contributed by atoms with Crippen molar-refractivity contribution in [3.05, 3.63) is 76.5 Å². The summed E-state index contributed by atoms with van der Waals surface area (Å²) in [6.45, 7) is 6.39. The molecule has 0 fully saturated rings. The Bertz CT molecular complexity index is 1210. The summed E-state index contributed by atoms with van der Waals surface area (Å²) in [5.74, 6) is 0.389. The Morgan fingerprint density at radius 2 is 1.63 bits per heavy atom. The zero-order valence-corrected chi connectivity index (χ0v) is 22.3. The van der Waals surface area contributed by atoms with E-state index in [0.29, 0.717) is 24.3 Å². The number of aryl methyl sites for hydroxylation is 1. The van der Waals surface area contributed by atoms with Crippen molar-refractivity contribution < 1.29 is 22.7 Å². The minimum atomic E-state index is -3.38. The van der Waals surface area contributed by atoms with Crippen molar-refractivity contribution in [2.45, 2.75) is 39.2 Å². The summed E-state index contributed by atoms with van der Waals surface area (Å²) in [5.41, 5.74) is 1.48. The minimum Gasteiger partial charge on any atom is -0.492 e. The second-order valence-corrected chi connectivity index (χ2v) is 12.4. The number of hydrogen-bond donors (Lipinski definition) is 0. The predicted molar refractivity (Wildman–Crippen MR) is 142 cm³/mol. The van der Waals surface area contributed by atoms with Crippen LogP contribution in [-0.4, -0.2) is 50.2 Å². The summed E-state index contributed by atoms with van der Waals surface area (Å²) in [5, 5.41) is 0. The van der Waals surface area contributed by atoms with E-state index in [1.54, 1.807) is 6.07 Å². The normalized spacial score (nSPS) is 12.0. The van der Waals surface area contributed by atoms with E-state index in [0.717, 1.165) is 21.8 Å². The largest absolute Gasteiger partial charge is 0.492 e. The molecule has 2 aromatic carbocycles. The van der Waals surface area contributed by atoms with Gasteiger partial charge in [-0.2, -0.15) is 4.31 Å². The number of carbonyl (C=O) groups excluding carboxylic acids is 1. The summed E-state index contributed by atoms with van der Waals surface area (Å²) < 4.78 is 37.5. The number of hydrogen-bond acceptors (Lipinski definition) is 6. The maximum atomic E-state index is 12.3. The molecule has 0 amide bonds. The number of carbonyl (C=O) groups is 1. The van der Waals surface area contributed by atoms with Crippen molar-refractivity contribution in [1.29, 1.82) is 0 Å². The zero-order chi connectivity index (χ0) is 25.5.